The van der Waals surface area contributed by atoms with Gasteiger partial charge >= 0.3 is 0 Å². The molecule has 0 aliphatic carbocycles. The third-order valence-corrected chi connectivity index (χ3v) is 5.33. The molecule has 1 aliphatic rings. The van der Waals surface area contributed by atoms with Gasteiger partial charge in [0.25, 0.3) is 0 Å². The summed E-state index contributed by atoms with van der Waals surface area (Å²) in [5.41, 5.74) is 1.38. The molecule has 3 N–H and O–H groups in total. The summed E-state index contributed by atoms with van der Waals surface area (Å²) < 4.78 is 5.33. The van der Waals surface area contributed by atoms with Gasteiger partial charge in [-0.15, -0.1) is 0 Å². The predicted molar refractivity (Wildman–Crippen MR) is 117 cm³/mol. The molecule has 1 aliphatic heterocycles. The maximum Gasteiger partial charge on any atom is 0.216 e. The minimum atomic E-state index is 0.444. The van der Waals surface area contributed by atoms with Crippen LogP contribution in [0.4, 0.5) is 0 Å². The Kier molecular flexibility index (Phi) is 6.76. The number of furan rings is 1. The fraction of sp³-hybridized carbons (Fsp3) is 0.409. The number of piperidine rings is 1. The van der Waals surface area contributed by atoms with Crippen molar-refractivity contribution in [2.45, 2.75) is 31.8 Å². The fourth-order valence-corrected chi connectivity index (χ4v) is 3.69. The smallest absolute Gasteiger partial charge is 0.216 e. The summed E-state index contributed by atoms with van der Waals surface area (Å²) in [7, 11) is 1.81. The molecule has 0 atom stereocenters. The minimum Gasteiger partial charge on any atom is -0.461 e. The first-order valence-corrected chi connectivity index (χ1v) is 10.5. The molecule has 0 bridgehead atoms. The molecular formula is C22H29N7O. The summed E-state index contributed by atoms with van der Waals surface area (Å²) in [6.45, 7) is 3.94. The highest BCUT2D eigenvalue weighted by molar-refractivity contribution is 5.79. The van der Waals surface area contributed by atoms with E-state index in [1.54, 1.807) is 6.26 Å². The second-order valence-electron chi connectivity index (χ2n) is 7.51. The van der Waals surface area contributed by atoms with Crippen LogP contribution < -0.4 is 10.6 Å². The SMILES string of the molecule is CN=C(NCCc1nc(-c2ccco2)n[nH]1)NC1CCN(Cc2ccccc2)CC1. The summed E-state index contributed by atoms with van der Waals surface area (Å²) in [6.07, 6.45) is 4.57. The zero-order valence-corrected chi connectivity index (χ0v) is 17.3. The zero-order chi connectivity index (χ0) is 20.6. The van der Waals surface area contributed by atoms with E-state index >= 15 is 0 Å². The number of aromatic nitrogens is 3. The van der Waals surface area contributed by atoms with Gasteiger partial charge in [0.15, 0.2) is 11.7 Å². The van der Waals surface area contributed by atoms with E-state index in [9.17, 15) is 0 Å². The Balaban J connectivity index is 1.17. The third kappa shape index (κ3) is 5.48. The molecule has 1 saturated heterocycles. The lowest BCUT2D eigenvalue weighted by Crippen LogP contribution is -2.48. The number of aliphatic imine (C=N–C) groups is 1. The molecule has 0 radical (unpaired) electrons. The van der Waals surface area contributed by atoms with Crippen LogP contribution >= 0.6 is 0 Å². The van der Waals surface area contributed by atoms with Crippen LogP contribution in [0.3, 0.4) is 0 Å². The molecule has 0 spiro atoms. The number of hydrogen-bond acceptors (Lipinski definition) is 5. The van der Waals surface area contributed by atoms with Crippen molar-refractivity contribution in [2.24, 2.45) is 4.99 Å². The topological polar surface area (TPSA) is 94.4 Å². The van der Waals surface area contributed by atoms with Gasteiger partial charge in [0, 0.05) is 45.7 Å². The molecule has 1 fully saturated rings. The summed E-state index contributed by atoms with van der Waals surface area (Å²) in [4.78, 5) is 11.4. The number of likely N-dealkylation sites (tertiary alicyclic amines) is 1. The average Bonchev–Trinajstić information content (AvgIpc) is 3.47. The maximum atomic E-state index is 5.33. The van der Waals surface area contributed by atoms with Crippen molar-refractivity contribution in [1.82, 2.24) is 30.7 Å². The molecule has 3 heterocycles. The molecule has 0 unspecified atom stereocenters. The molecule has 8 heteroatoms. The molecule has 158 valence electrons. The van der Waals surface area contributed by atoms with E-state index < -0.39 is 0 Å². The number of nitrogens with zero attached hydrogens (tertiary/aromatic N) is 4. The first-order valence-electron chi connectivity index (χ1n) is 10.5. The lowest BCUT2D eigenvalue weighted by Gasteiger charge is -2.33. The number of nitrogens with one attached hydrogen (secondary N) is 3. The van der Waals surface area contributed by atoms with Crippen molar-refractivity contribution in [3.8, 4) is 11.6 Å². The van der Waals surface area contributed by atoms with E-state index in [4.69, 9.17) is 4.42 Å². The molecule has 4 rings (SSSR count). The number of guanidine groups is 1. The van der Waals surface area contributed by atoms with Crippen LogP contribution in [0.15, 0.2) is 58.1 Å². The standard InChI is InChI=1S/C22H29N7O/c1-23-22(24-12-9-20-26-21(28-27-20)19-8-5-15-30-19)25-18-10-13-29(14-11-18)16-17-6-3-2-4-7-17/h2-8,15,18H,9-14,16H2,1H3,(H2,23,24,25)(H,26,27,28). The summed E-state index contributed by atoms with van der Waals surface area (Å²) in [5, 5.41) is 14.1. The first kappa shape index (κ1) is 20.2. The van der Waals surface area contributed by atoms with Crippen LogP contribution in [0.25, 0.3) is 11.6 Å². The fourth-order valence-electron chi connectivity index (χ4n) is 3.69. The molecule has 0 saturated carbocycles. The van der Waals surface area contributed by atoms with Crippen LogP contribution in [-0.4, -0.2) is 58.8 Å². The first-order chi connectivity index (χ1) is 14.8. The maximum absolute atomic E-state index is 5.33. The van der Waals surface area contributed by atoms with Gasteiger partial charge in [-0.1, -0.05) is 30.3 Å². The van der Waals surface area contributed by atoms with Gasteiger partial charge in [-0.25, -0.2) is 4.98 Å². The van der Waals surface area contributed by atoms with Crippen molar-refractivity contribution in [3.63, 3.8) is 0 Å². The summed E-state index contributed by atoms with van der Waals surface area (Å²) >= 11 is 0. The van der Waals surface area contributed by atoms with E-state index in [-0.39, 0.29) is 0 Å². The van der Waals surface area contributed by atoms with Gasteiger partial charge in [0.05, 0.1) is 6.26 Å². The largest absolute Gasteiger partial charge is 0.461 e. The number of benzene rings is 1. The van der Waals surface area contributed by atoms with Crippen molar-refractivity contribution in [2.75, 3.05) is 26.7 Å². The van der Waals surface area contributed by atoms with Gasteiger partial charge in [-0.2, -0.15) is 5.10 Å². The molecule has 8 nitrogen and oxygen atoms in total. The zero-order valence-electron chi connectivity index (χ0n) is 17.3. The highest BCUT2D eigenvalue weighted by Gasteiger charge is 2.20. The molecular weight excluding hydrogens is 378 g/mol. The number of aromatic amines is 1. The summed E-state index contributed by atoms with van der Waals surface area (Å²) in [6, 6.07) is 14.8. The van der Waals surface area contributed by atoms with Gasteiger partial charge < -0.3 is 15.1 Å². The highest BCUT2D eigenvalue weighted by Crippen LogP contribution is 2.15. The Hall–Kier alpha value is -3.13. The van der Waals surface area contributed by atoms with Crippen LogP contribution in [0.2, 0.25) is 0 Å². The Morgan fingerprint density at radius 3 is 2.77 bits per heavy atom. The highest BCUT2D eigenvalue weighted by atomic mass is 16.3. The normalized spacial score (nSPS) is 16.0. The van der Waals surface area contributed by atoms with Crippen LogP contribution in [0, 0.1) is 0 Å². The van der Waals surface area contributed by atoms with Crippen LogP contribution in [-0.2, 0) is 13.0 Å². The van der Waals surface area contributed by atoms with Crippen molar-refractivity contribution in [3.05, 3.63) is 60.1 Å². The van der Waals surface area contributed by atoms with Gasteiger partial charge in [0.2, 0.25) is 5.82 Å². The van der Waals surface area contributed by atoms with E-state index in [2.05, 4.69) is 66.0 Å². The third-order valence-electron chi connectivity index (χ3n) is 5.33. The van der Waals surface area contributed by atoms with E-state index in [1.165, 1.54) is 5.56 Å². The minimum absolute atomic E-state index is 0.444. The van der Waals surface area contributed by atoms with Gasteiger partial charge in [-0.3, -0.25) is 15.0 Å². The summed E-state index contributed by atoms with van der Waals surface area (Å²) in [5.74, 6) is 2.90. The lowest BCUT2D eigenvalue weighted by molar-refractivity contribution is 0.198. The predicted octanol–water partition coefficient (Wildman–Crippen LogP) is 2.44. The molecule has 3 aromatic rings. The van der Waals surface area contributed by atoms with Crippen molar-refractivity contribution < 1.29 is 4.42 Å². The van der Waals surface area contributed by atoms with Gasteiger partial charge in [-0.05, 0) is 30.5 Å². The van der Waals surface area contributed by atoms with Crippen molar-refractivity contribution >= 4 is 5.96 Å². The quantitative estimate of drug-likeness (QED) is 0.411. The van der Waals surface area contributed by atoms with E-state index in [0.29, 0.717) is 17.6 Å². The second kappa shape index (κ2) is 10.1. The Labute approximate surface area is 176 Å². The molecule has 30 heavy (non-hydrogen) atoms. The number of H-pyrrole nitrogens is 1. The average molecular weight is 408 g/mol. The van der Waals surface area contributed by atoms with Gasteiger partial charge in [0.1, 0.15) is 5.82 Å². The Morgan fingerprint density at radius 1 is 1.20 bits per heavy atom. The molecule has 0 amide bonds. The lowest BCUT2D eigenvalue weighted by atomic mass is 10.0. The second-order valence-corrected chi connectivity index (χ2v) is 7.51. The number of hydrogen-bond donors (Lipinski definition) is 3. The Morgan fingerprint density at radius 2 is 2.03 bits per heavy atom. The molecule has 2 aromatic heterocycles. The molecule has 1 aromatic carbocycles. The van der Waals surface area contributed by atoms with E-state index in [1.807, 2.05) is 19.2 Å². The monoisotopic (exact) mass is 407 g/mol. The number of rotatable bonds is 7. The van der Waals surface area contributed by atoms with Crippen molar-refractivity contribution in [1.29, 1.82) is 0 Å². The van der Waals surface area contributed by atoms with Crippen LogP contribution in [0.1, 0.15) is 24.2 Å². The van der Waals surface area contributed by atoms with Crippen LogP contribution in [0.5, 0.6) is 0 Å². The Bertz CT molecular complexity index is 912. The van der Waals surface area contributed by atoms with E-state index in [0.717, 1.165) is 57.2 Å².